The van der Waals surface area contributed by atoms with Gasteiger partial charge in [0, 0.05) is 5.02 Å². The molecule has 0 aliphatic rings. The first-order valence-corrected chi connectivity index (χ1v) is 6.43. The Morgan fingerprint density at radius 3 is 2.60 bits per heavy atom. The van der Waals surface area contributed by atoms with Crippen LogP contribution in [0.2, 0.25) is 5.02 Å². The molecule has 4 N–H and O–H groups in total. The number of rotatable bonds is 2. The number of halogens is 1. The lowest BCUT2D eigenvalue weighted by Gasteiger charge is -2.14. The molecule has 4 nitrogen and oxygen atoms in total. The number of amides is 1. The molecule has 2 aromatic rings. The third-order valence-corrected chi connectivity index (χ3v) is 3.45. The molecule has 0 saturated carbocycles. The highest BCUT2D eigenvalue weighted by molar-refractivity contribution is 6.31. The van der Waals surface area contributed by atoms with Gasteiger partial charge in [-0.05, 0) is 49.2 Å². The molecule has 1 amide bonds. The fourth-order valence-corrected chi connectivity index (χ4v) is 2.05. The topological polar surface area (TPSA) is 75.3 Å². The summed E-state index contributed by atoms with van der Waals surface area (Å²) in [5.74, 6) is -0.599. The van der Waals surface area contributed by atoms with Crippen LogP contribution >= 0.6 is 11.6 Å². The Kier molecular flexibility index (Phi) is 3.86. The molecule has 0 atom stereocenters. The van der Waals surface area contributed by atoms with Crippen LogP contribution < -0.4 is 11.1 Å². The number of nitrogen functional groups attached to an aromatic ring is 1. The van der Waals surface area contributed by atoms with E-state index in [1.807, 2.05) is 19.9 Å². The fraction of sp³-hybridized carbons (Fsp3) is 0.133. The highest BCUT2D eigenvalue weighted by Crippen LogP contribution is 2.28. The van der Waals surface area contributed by atoms with Gasteiger partial charge in [0.1, 0.15) is 5.75 Å². The molecule has 5 heteroatoms. The van der Waals surface area contributed by atoms with Crippen molar-refractivity contribution in [3.63, 3.8) is 0 Å². The van der Waals surface area contributed by atoms with Crippen LogP contribution in [0.1, 0.15) is 21.5 Å². The molecular formula is C15H15ClN2O2. The molecule has 0 heterocycles. The van der Waals surface area contributed by atoms with Crippen molar-refractivity contribution in [1.82, 2.24) is 0 Å². The Morgan fingerprint density at radius 1 is 1.25 bits per heavy atom. The van der Waals surface area contributed by atoms with E-state index < -0.39 is 5.91 Å². The number of phenols is 1. The lowest BCUT2D eigenvalue weighted by Crippen LogP contribution is -2.14. The van der Waals surface area contributed by atoms with E-state index in [2.05, 4.69) is 5.32 Å². The summed E-state index contributed by atoms with van der Waals surface area (Å²) in [4.78, 5) is 12.2. The third-order valence-electron chi connectivity index (χ3n) is 3.21. The minimum Gasteiger partial charge on any atom is -0.507 e. The lowest BCUT2D eigenvalue weighted by atomic mass is 10.1. The lowest BCUT2D eigenvalue weighted by molar-refractivity contribution is 0.102. The number of nitrogens with two attached hydrogens (primary N) is 1. The number of aryl methyl sites for hydroxylation is 1. The molecule has 0 saturated heterocycles. The quantitative estimate of drug-likeness (QED) is 0.741. The standard InChI is InChI=1S/C15H15ClN2O2/c1-8-3-6-12(17)14(9(8)2)18-15(20)11-5-4-10(16)7-13(11)19/h3-7,19H,17H2,1-2H3,(H,18,20). The zero-order valence-corrected chi connectivity index (χ0v) is 12.0. The number of phenolic OH excluding ortho intramolecular Hbond substituents is 1. The van der Waals surface area contributed by atoms with Gasteiger partial charge in [-0.2, -0.15) is 0 Å². The van der Waals surface area contributed by atoms with Crippen molar-refractivity contribution in [2.24, 2.45) is 0 Å². The summed E-state index contributed by atoms with van der Waals surface area (Å²) in [5.41, 5.74) is 8.99. The summed E-state index contributed by atoms with van der Waals surface area (Å²) < 4.78 is 0. The normalized spacial score (nSPS) is 10.3. The van der Waals surface area contributed by atoms with Crippen LogP contribution in [0.3, 0.4) is 0 Å². The van der Waals surface area contributed by atoms with E-state index in [1.165, 1.54) is 12.1 Å². The maximum atomic E-state index is 12.2. The van der Waals surface area contributed by atoms with Crippen molar-refractivity contribution >= 4 is 28.9 Å². The van der Waals surface area contributed by atoms with Crippen LogP contribution in [0, 0.1) is 13.8 Å². The Balaban J connectivity index is 2.35. The fourth-order valence-electron chi connectivity index (χ4n) is 1.88. The van der Waals surface area contributed by atoms with Crippen molar-refractivity contribution < 1.29 is 9.90 Å². The van der Waals surface area contributed by atoms with E-state index >= 15 is 0 Å². The zero-order chi connectivity index (χ0) is 14.9. The van der Waals surface area contributed by atoms with Crippen molar-refractivity contribution in [3.8, 4) is 5.75 Å². The molecule has 104 valence electrons. The summed E-state index contributed by atoms with van der Waals surface area (Å²) >= 11 is 5.74. The molecule has 0 unspecified atom stereocenters. The van der Waals surface area contributed by atoms with Crippen molar-refractivity contribution in [2.45, 2.75) is 13.8 Å². The van der Waals surface area contributed by atoms with Crippen LogP contribution in [0.15, 0.2) is 30.3 Å². The van der Waals surface area contributed by atoms with Crippen molar-refractivity contribution in [3.05, 3.63) is 52.0 Å². The summed E-state index contributed by atoms with van der Waals surface area (Å²) in [7, 11) is 0. The van der Waals surface area contributed by atoms with Gasteiger partial charge in [-0.3, -0.25) is 4.79 Å². The average molecular weight is 291 g/mol. The number of benzene rings is 2. The average Bonchev–Trinajstić information content (AvgIpc) is 2.39. The largest absolute Gasteiger partial charge is 0.507 e. The minimum absolute atomic E-state index is 0.148. The van der Waals surface area contributed by atoms with Crippen LogP contribution in [-0.2, 0) is 0 Å². The number of hydrogen-bond donors (Lipinski definition) is 3. The molecule has 20 heavy (non-hydrogen) atoms. The van der Waals surface area contributed by atoms with E-state index in [0.29, 0.717) is 16.4 Å². The van der Waals surface area contributed by atoms with Gasteiger partial charge in [0.15, 0.2) is 0 Å². The van der Waals surface area contributed by atoms with Gasteiger partial charge in [-0.25, -0.2) is 0 Å². The highest BCUT2D eigenvalue weighted by atomic mass is 35.5. The van der Waals surface area contributed by atoms with Crippen molar-refractivity contribution in [1.29, 1.82) is 0 Å². The molecular weight excluding hydrogens is 276 g/mol. The first-order chi connectivity index (χ1) is 9.40. The van der Waals surface area contributed by atoms with Crippen LogP contribution in [0.4, 0.5) is 11.4 Å². The van der Waals surface area contributed by atoms with Gasteiger partial charge in [-0.1, -0.05) is 17.7 Å². The van der Waals surface area contributed by atoms with Crippen LogP contribution in [-0.4, -0.2) is 11.0 Å². The second-order valence-electron chi connectivity index (χ2n) is 4.59. The van der Waals surface area contributed by atoms with E-state index in [1.54, 1.807) is 12.1 Å². The molecule has 0 radical (unpaired) electrons. The first kappa shape index (κ1) is 14.2. The maximum absolute atomic E-state index is 12.2. The third kappa shape index (κ3) is 2.70. The molecule has 0 fully saturated rings. The Labute approximate surface area is 122 Å². The van der Waals surface area contributed by atoms with Crippen molar-refractivity contribution in [2.75, 3.05) is 11.1 Å². The van der Waals surface area contributed by atoms with Gasteiger partial charge < -0.3 is 16.2 Å². The number of aromatic hydroxyl groups is 1. The summed E-state index contributed by atoms with van der Waals surface area (Å²) in [5, 5.41) is 12.9. The number of anilines is 2. The number of carbonyl (C=O) groups excluding carboxylic acids is 1. The highest BCUT2D eigenvalue weighted by Gasteiger charge is 2.14. The monoisotopic (exact) mass is 290 g/mol. The van der Waals surface area contributed by atoms with Gasteiger partial charge in [0.25, 0.3) is 5.91 Å². The predicted octanol–water partition coefficient (Wildman–Crippen LogP) is 3.50. The Bertz CT molecular complexity index is 684. The first-order valence-electron chi connectivity index (χ1n) is 6.05. The molecule has 0 aliphatic carbocycles. The van der Waals surface area contributed by atoms with Crippen LogP contribution in [0.25, 0.3) is 0 Å². The second-order valence-corrected chi connectivity index (χ2v) is 5.02. The molecule has 0 aromatic heterocycles. The second kappa shape index (κ2) is 5.43. The molecule has 2 aromatic carbocycles. The Morgan fingerprint density at radius 2 is 1.95 bits per heavy atom. The molecule has 0 spiro atoms. The van der Waals surface area contributed by atoms with Gasteiger partial charge in [0.05, 0.1) is 16.9 Å². The summed E-state index contributed by atoms with van der Waals surface area (Å²) in [6.07, 6.45) is 0. The van der Waals surface area contributed by atoms with Gasteiger partial charge >= 0.3 is 0 Å². The van der Waals surface area contributed by atoms with Crippen LogP contribution in [0.5, 0.6) is 5.75 Å². The van der Waals surface area contributed by atoms with E-state index in [4.69, 9.17) is 17.3 Å². The van der Waals surface area contributed by atoms with E-state index in [-0.39, 0.29) is 11.3 Å². The van der Waals surface area contributed by atoms with Gasteiger partial charge in [-0.15, -0.1) is 0 Å². The van der Waals surface area contributed by atoms with E-state index in [0.717, 1.165) is 11.1 Å². The molecule has 0 aliphatic heterocycles. The minimum atomic E-state index is -0.431. The number of nitrogens with one attached hydrogen (secondary N) is 1. The maximum Gasteiger partial charge on any atom is 0.259 e. The zero-order valence-electron chi connectivity index (χ0n) is 11.2. The predicted molar refractivity (Wildman–Crippen MR) is 81.4 cm³/mol. The molecule has 2 rings (SSSR count). The summed E-state index contributed by atoms with van der Waals surface area (Å²) in [6.45, 7) is 3.81. The number of hydrogen-bond acceptors (Lipinski definition) is 3. The number of carbonyl (C=O) groups is 1. The Hall–Kier alpha value is -2.20. The van der Waals surface area contributed by atoms with Gasteiger partial charge in [0.2, 0.25) is 0 Å². The smallest absolute Gasteiger partial charge is 0.259 e. The summed E-state index contributed by atoms with van der Waals surface area (Å²) in [6, 6.07) is 7.96. The SMILES string of the molecule is Cc1ccc(N)c(NC(=O)c2ccc(Cl)cc2O)c1C. The molecule has 0 bridgehead atoms. The van der Waals surface area contributed by atoms with E-state index in [9.17, 15) is 9.90 Å².